The minimum atomic E-state index is 0. The standard InChI is InChI=1S/CH3O.CH4S.Na/c2*1-2;/h1H3;2H,1H3;/q-1;;+1. The van der Waals surface area contributed by atoms with Crippen LogP contribution in [0.1, 0.15) is 0 Å². The van der Waals surface area contributed by atoms with Gasteiger partial charge < -0.3 is 5.11 Å². The molecule has 0 amide bonds. The van der Waals surface area contributed by atoms with Crippen LogP contribution in [0, 0.1) is 0 Å². The van der Waals surface area contributed by atoms with Crippen LogP contribution in [0.25, 0.3) is 0 Å². The smallest absolute Gasteiger partial charge is 0.857 e. The van der Waals surface area contributed by atoms with Crippen molar-refractivity contribution in [2.24, 2.45) is 0 Å². The predicted molar refractivity (Wildman–Crippen MR) is 20.8 cm³/mol. The second kappa shape index (κ2) is 57.5. The van der Waals surface area contributed by atoms with E-state index in [0.717, 1.165) is 7.11 Å². The van der Waals surface area contributed by atoms with Crippen molar-refractivity contribution >= 4 is 12.6 Å². The summed E-state index contributed by atoms with van der Waals surface area (Å²) in [7, 11) is 0.750. The second-order valence-corrected chi connectivity index (χ2v) is 0. The maximum absolute atomic E-state index is 8.25. The summed E-state index contributed by atoms with van der Waals surface area (Å²) in [6.45, 7) is 0. The number of hydrogen-bond acceptors (Lipinski definition) is 2. The molecule has 0 rings (SSSR count). The van der Waals surface area contributed by atoms with Gasteiger partial charge in [-0.15, -0.1) is 0 Å². The van der Waals surface area contributed by atoms with Crippen LogP contribution >= 0.6 is 12.6 Å². The minimum absolute atomic E-state index is 0. The first-order chi connectivity index (χ1) is 2.00. The van der Waals surface area contributed by atoms with Crippen molar-refractivity contribution in [1.82, 2.24) is 0 Å². The van der Waals surface area contributed by atoms with Gasteiger partial charge in [-0.3, -0.25) is 0 Å². The van der Waals surface area contributed by atoms with E-state index in [1.165, 1.54) is 0 Å². The molecule has 0 heterocycles. The quantitative estimate of drug-likeness (QED) is 0.249. The first-order valence-electron chi connectivity index (χ1n) is 0.855. The fourth-order valence-electron chi connectivity index (χ4n) is 0. The van der Waals surface area contributed by atoms with Gasteiger partial charge >= 0.3 is 29.6 Å². The van der Waals surface area contributed by atoms with Crippen LogP contribution in [0.2, 0.25) is 0 Å². The van der Waals surface area contributed by atoms with E-state index in [-0.39, 0.29) is 29.6 Å². The molecule has 0 aromatic carbocycles. The van der Waals surface area contributed by atoms with Crippen molar-refractivity contribution in [3.8, 4) is 0 Å². The van der Waals surface area contributed by atoms with Crippen LogP contribution in [0.4, 0.5) is 0 Å². The SMILES string of the molecule is CS.C[O-].[Na+]. The molecule has 0 spiro atoms. The van der Waals surface area contributed by atoms with E-state index < -0.39 is 0 Å². The number of rotatable bonds is 0. The third-order valence-corrected chi connectivity index (χ3v) is 0. The maximum atomic E-state index is 8.25. The van der Waals surface area contributed by atoms with Crippen LogP contribution in [-0.2, 0) is 0 Å². The molecule has 0 unspecified atom stereocenters. The normalized spacial score (nSPS) is 2.40. The topological polar surface area (TPSA) is 23.1 Å². The summed E-state index contributed by atoms with van der Waals surface area (Å²) in [6, 6.07) is 0. The van der Waals surface area contributed by atoms with Crippen molar-refractivity contribution in [2.45, 2.75) is 0 Å². The van der Waals surface area contributed by atoms with Gasteiger partial charge in [0.2, 0.25) is 0 Å². The van der Waals surface area contributed by atoms with E-state index in [2.05, 4.69) is 12.6 Å². The zero-order chi connectivity index (χ0) is 4.00. The second-order valence-electron chi connectivity index (χ2n) is 0. The third-order valence-electron chi connectivity index (χ3n) is 0. The Bertz CT molecular complexity index is 9.61. The van der Waals surface area contributed by atoms with Gasteiger partial charge in [-0.25, -0.2) is 0 Å². The molecule has 0 saturated heterocycles. The molecule has 0 saturated carbocycles. The van der Waals surface area contributed by atoms with E-state index >= 15 is 0 Å². The molecule has 0 aliphatic carbocycles. The Labute approximate surface area is 60.5 Å². The molecule has 0 bridgehead atoms. The summed E-state index contributed by atoms with van der Waals surface area (Å²) in [5.74, 6) is 0. The van der Waals surface area contributed by atoms with Gasteiger partial charge in [-0.05, 0) is 6.26 Å². The van der Waals surface area contributed by atoms with Crippen LogP contribution in [-0.4, -0.2) is 13.4 Å². The van der Waals surface area contributed by atoms with E-state index in [1.54, 1.807) is 6.26 Å². The largest absolute Gasteiger partial charge is 1.00 e. The molecule has 0 radical (unpaired) electrons. The Morgan fingerprint density at radius 1 is 1.20 bits per heavy atom. The van der Waals surface area contributed by atoms with Gasteiger partial charge in [0.25, 0.3) is 0 Å². The summed E-state index contributed by atoms with van der Waals surface area (Å²) in [5.41, 5.74) is 0. The predicted octanol–water partition coefficient (Wildman–Crippen LogP) is -3.47. The molecule has 0 N–H and O–H groups in total. The van der Waals surface area contributed by atoms with Gasteiger partial charge in [-0.2, -0.15) is 19.7 Å². The fourth-order valence-corrected chi connectivity index (χ4v) is 0. The molecule has 0 atom stereocenters. The molecular weight excluding hydrogens is 95.1 g/mol. The molecule has 0 aromatic heterocycles. The van der Waals surface area contributed by atoms with Crippen molar-refractivity contribution in [3.63, 3.8) is 0 Å². The molecule has 5 heavy (non-hydrogen) atoms. The molecule has 28 valence electrons. The van der Waals surface area contributed by atoms with Gasteiger partial charge in [0, 0.05) is 0 Å². The summed E-state index contributed by atoms with van der Waals surface area (Å²) < 4.78 is 0. The number of thiol groups is 1. The maximum Gasteiger partial charge on any atom is 1.00 e. The van der Waals surface area contributed by atoms with Gasteiger partial charge in [-0.1, -0.05) is 0 Å². The van der Waals surface area contributed by atoms with Gasteiger partial charge in [0.05, 0.1) is 0 Å². The Kier molecular flexibility index (Phi) is 187. The van der Waals surface area contributed by atoms with E-state index in [0.29, 0.717) is 0 Å². The molecule has 0 fully saturated rings. The summed E-state index contributed by atoms with van der Waals surface area (Å²) in [4.78, 5) is 0. The molecule has 0 aliphatic heterocycles. The van der Waals surface area contributed by atoms with Gasteiger partial charge in [0.1, 0.15) is 0 Å². The monoisotopic (exact) mass is 102 g/mol. The molecule has 3 heteroatoms. The molecule has 0 aliphatic rings. The molecule has 0 aromatic rings. The zero-order valence-electron chi connectivity index (χ0n) is 3.86. The van der Waals surface area contributed by atoms with E-state index in [1.807, 2.05) is 0 Å². The van der Waals surface area contributed by atoms with Crippen molar-refractivity contribution in [1.29, 1.82) is 0 Å². The van der Waals surface area contributed by atoms with E-state index in [9.17, 15) is 0 Å². The Morgan fingerprint density at radius 3 is 1.20 bits per heavy atom. The first-order valence-corrected chi connectivity index (χ1v) is 1.75. The minimum Gasteiger partial charge on any atom is -0.857 e. The summed E-state index contributed by atoms with van der Waals surface area (Å²) in [6.07, 6.45) is 1.69. The molecular formula is C2H7NaOS. The average molecular weight is 102 g/mol. The third kappa shape index (κ3) is 33.9. The van der Waals surface area contributed by atoms with Crippen molar-refractivity contribution in [2.75, 3.05) is 13.4 Å². The Hall–Kier alpha value is 1.31. The Balaban J connectivity index is -0.0000000133. The van der Waals surface area contributed by atoms with Crippen LogP contribution in [0.15, 0.2) is 0 Å². The van der Waals surface area contributed by atoms with Crippen molar-refractivity contribution < 1.29 is 34.7 Å². The fraction of sp³-hybridized carbons (Fsp3) is 1.00. The zero-order valence-corrected chi connectivity index (χ0v) is 6.75. The number of hydrogen-bond donors (Lipinski definition) is 1. The summed E-state index contributed by atoms with van der Waals surface area (Å²) >= 11 is 3.53. The Morgan fingerprint density at radius 2 is 1.20 bits per heavy atom. The van der Waals surface area contributed by atoms with E-state index in [4.69, 9.17) is 5.11 Å². The first kappa shape index (κ1) is 16.2. The average Bonchev–Trinajstić information content (AvgIpc) is 1.50. The van der Waals surface area contributed by atoms with Gasteiger partial charge in [0.15, 0.2) is 0 Å². The van der Waals surface area contributed by atoms with Crippen LogP contribution in [0.5, 0.6) is 0 Å². The van der Waals surface area contributed by atoms with Crippen molar-refractivity contribution in [3.05, 3.63) is 0 Å². The van der Waals surface area contributed by atoms with Crippen LogP contribution in [0.3, 0.4) is 0 Å². The van der Waals surface area contributed by atoms with Crippen LogP contribution < -0.4 is 34.7 Å². The summed E-state index contributed by atoms with van der Waals surface area (Å²) in [5, 5.41) is 8.25. The molecule has 1 nitrogen and oxygen atoms in total.